The van der Waals surface area contributed by atoms with Gasteiger partial charge in [-0.1, -0.05) is 0 Å². The summed E-state index contributed by atoms with van der Waals surface area (Å²) in [5, 5.41) is 2.83. The van der Waals surface area contributed by atoms with Gasteiger partial charge in [0.2, 0.25) is 11.8 Å². The maximum absolute atomic E-state index is 13.5. The fourth-order valence-electron chi connectivity index (χ4n) is 5.29. The Morgan fingerprint density at radius 1 is 0.886 bits per heavy atom. The summed E-state index contributed by atoms with van der Waals surface area (Å²) < 4.78 is 0. The summed E-state index contributed by atoms with van der Waals surface area (Å²) in [4.78, 5) is 56.6. The zero-order chi connectivity index (χ0) is 24.5. The fourth-order valence-corrected chi connectivity index (χ4v) is 5.29. The molecule has 8 nitrogen and oxygen atoms in total. The van der Waals surface area contributed by atoms with Crippen LogP contribution in [0.25, 0.3) is 0 Å². The zero-order valence-electron chi connectivity index (χ0n) is 20.0. The second-order valence-electron chi connectivity index (χ2n) is 9.51. The van der Waals surface area contributed by atoms with E-state index in [1.54, 1.807) is 30.3 Å². The second kappa shape index (κ2) is 9.52. The summed E-state index contributed by atoms with van der Waals surface area (Å²) in [5.41, 5.74) is 3.17. The number of nitrogens with one attached hydrogen (secondary N) is 1. The molecule has 182 valence electrons. The Labute approximate surface area is 204 Å². The van der Waals surface area contributed by atoms with E-state index < -0.39 is 0 Å². The molecule has 0 bridgehead atoms. The van der Waals surface area contributed by atoms with Crippen LogP contribution in [0.5, 0.6) is 0 Å². The molecule has 0 aliphatic carbocycles. The molecule has 0 radical (unpaired) electrons. The summed E-state index contributed by atoms with van der Waals surface area (Å²) >= 11 is 0. The van der Waals surface area contributed by atoms with Crippen LogP contribution >= 0.6 is 0 Å². The number of Topliss-reactive ketones (excluding diaryl/α,β-unsaturated/α-hetero) is 1. The highest BCUT2D eigenvalue weighted by Gasteiger charge is 2.40. The Morgan fingerprint density at radius 3 is 2.29 bits per heavy atom. The van der Waals surface area contributed by atoms with E-state index >= 15 is 0 Å². The molecule has 0 spiro atoms. The van der Waals surface area contributed by atoms with Gasteiger partial charge in [0.05, 0.1) is 11.4 Å². The van der Waals surface area contributed by atoms with Gasteiger partial charge in [0.15, 0.2) is 5.78 Å². The lowest BCUT2D eigenvalue weighted by molar-refractivity contribution is -0.123. The molecule has 8 heteroatoms. The first kappa shape index (κ1) is 23.1. The number of carbonyl (C=O) groups is 4. The highest BCUT2D eigenvalue weighted by molar-refractivity contribution is 6.11. The quantitative estimate of drug-likeness (QED) is 0.671. The molecule has 2 fully saturated rings. The SMILES string of the molecule is CC(=O)c1ccc(NC(=O)CN2C(=O)C3CCCCN3c3ccc(C(=O)N4CCCC4)cc32)cc1. The molecule has 3 heterocycles. The summed E-state index contributed by atoms with van der Waals surface area (Å²) in [7, 11) is 0. The Bertz CT molecular complexity index is 1170. The van der Waals surface area contributed by atoms with Crippen LogP contribution in [0.1, 0.15) is 59.7 Å². The highest BCUT2D eigenvalue weighted by Crippen LogP contribution is 2.40. The molecule has 0 aromatic heterocycles. The molecule has 3 aliphatic heterocycles. The van der Waals surface area contributed by atoms with E-state index in [1.165, 1.54) is 11.8 Å². The molecular weight excluding hydrogens is 444 g/mol. The Kier molecular flexibility index (Phi) is 6.28. The number of piperidine rings is 1. The first-order valence-corrected chi connectivity index (χ1v) is 12.3. The summed E-state index contributed by atoms with van der Waals surface area (Å²) in [6.45, 7) is 3.62. The molecule has 1 atom stereocenters. The number of likely N-dealkylation sites (tertiary alicyclic amines) is 1. The molecule has 0 saturated carbocycles. The van der Waals surface area contributed by atoms with Gasteiger partial charge in [-0.05, 0) is 81.5 Å². The molecular formula is C27H30N4O4. The van der Waals surface area contributed by atoms with Crippen LogP contribution in [-0.2, 0) is 9.59 Å². The summed E-state index contributed by atoms with van der Waals surface area (Å²) in [6, 6.07) is 11.9. The van der Waals surface area contributed by atoms with E-state index in [1.807, 2.05) is 17.0 Å². The molecule has 2 aromatic carbocycles. The van der Waals surface area contributed by atoms with E-state index in [-0.39, 0.29) is 36.1 Å². The van der Waals surface area contributed by atoms with Crippen molar-refractivity contribution in [2.24, 2.45) is 0 Å². The third-order valence-electron chi connectivity index (χ3n) is 7.15. The van der Waals surface area contributed by atoms with Gasteiger partial charge in [-0.2, -0.15) is 0 Å². The topological polar surface area (TPSA) is 90.0 Å². The molecule has 35 heavy (non-hydrogen) atoms. The van der Waals surface area contributed by atoms with E-state index in [9.17, 15) is 19.2 Å². The number of carbonyl (C=O) groups excluding carboxylic acids is 4. The normalized spacial score (nSPS) is 19.3. The van der Waals surface area contributed by atoms with Crippen molar-refractivity contribution < 1.29 is 19.2 Å². The van der Waals surface area contributed by atoms with E-state index in [4.69, 9.17) is 0 Å². The molecule has 5 rings (SSSR count). The first-order chi connectivity index (χ1) is 16.9. The summed E-state index contributed by atoms with van der Waals surface area (Å²) in [5.74, 6) is -0.520. The van der Waals surface area contributed by atoms with Gasteiger partial charge in [-0.25, -0.2) is 0 Å². The van der Waals surface area contributed by atoms with Gasteiger partial charge in [0.25, 0.3) is 5.91 Å². The fraction of sp³-hybridized carbons (Fsp3) is 0.407. The Balaban J connectivity index is 1.42. The third kappa shape index (κ3) is 4.52. The molecule has 1 unspecified atom stereocenters. The number of ketones is 1. The van der Waals surface area contributed by atoms with Crippen molar-refractivity contribution in [1.82, 2.24) is 4.90 Å². The molecule has 2 aromatic rings. The first-order valence-electron chi connectivity index (χ1n) is 12.3. The van der Waals surface area contributed by atoms with Gasteiger partial charge in [-0.3, -0.25) is 24.1 Å². The Morgan fingerprint density at radius 2 is 1.57 bits per heavy atom. The van der Waals surface area contributed by atoms with Gasteiger partial charge in [0, 0.05) is 36.4 Å². The molecule has 3 amide bonds. The maximum Gasteiger partial charge on any atom is 0.253 e. The molecule has 1 N–H and O–H groups in total. The third-order valence-corrected chi connectivity index (χ3v) is 7.15. The van der Waals surface area contributed by atoms with Crippen LogP contribution in [0.3, 0.4) is 0 Å². The van der Waals surface area contributed by atoms with Crippen LogP contribution in [0.2, 0.25) is 0 Å². The van der Waals surface area contributed by atoms with Crippen LogP contribution < -0.4 is 15.1 Å². The number of fused-ring (bicyclic) bond motifs is 3. The predicted molar refractivity (Wildman–Crippen MR) is 134 cm³/mol. The van der Waals surface area contributed by atoms with Crippen molar-refractivity contribution in [3.05, 3.63) is 53.6 Å². The minimum atomic E-state index is -0.333. The van der Waals surface area contributed by atoms with Crippen molar-refractivity contribution in [1.29, 1.82) is 0 Å². The number of hydrogen-bond acceptors (Lipinski definition) is 5. The van der Waals surface area contributed by atoms with Crippen molar-refractivity contribution in [2.75, 3.05) is 41.3 Å². The van der Waals surface area contributed by atoms with Gasteiger partial charge in [-0.15, -0.1) is 0 Å². The van der Waals surface area contributed by atoms with Crippen molar-refractivity contribution in [3.8, 4) is 0 Å². The van der Waals surface area contributed by atoms with Gasteiger partial charge < -0.3 is 15.1 Å². The van der Waals surface area contributed by atoms with Crippen LogP contribution in [0.15, 0.2) is 42.5 Å². The lowest BCUT2D eigenvalue weighted by Crippen LogP contribution is -2.56. The van der Waals surface area contributed by atoms with Crippen molar-refractivity contribution in [2.45, 2.75) is 45.1 Å². The minimum Gasteiger partial charge on any atom is -0.358 e. The predicted octanol–water partition coefficient (Wildman–Crippen LogP) is 3.47. The summed E-state index contributed by atoms with van der Waals surface area (Å²) in [6.07, 6.45) is 4.73. The Hall–Kier alpha value is -3.68. The van der Waals surface area contributed by atoms with Crippen molar-refractivity contribution >= 4 is 40.6 Å². The molecule has 2 saturated heterocycles. The van der Waals surface area contributed by atoms with Gasteiger partial charge in [0.1, 0.15) is 12.6 Å². The molecule has 3 aliphatic rings. The number of benzene rings is 2. The van der Waals surface area contributed by atoms with Crippen molar-refractivity contribution in [3.63, 3.8) is 0 Å². The van der Waals surface area contributed by atoms with Gasteiger partial charge >= 0.3 is 0 Å². The van der Waals surface area contributed by atoms with E-state index in [0.717, 1.165) is 57.4 Å². The lowest BCUT2D eigenvalue weighted by atomic mass is 9.95. The highest BCUT2D eigenvalue weighted by atomic mass is 16.2. The van der Waals surface area contributed by atoms with Crippen LogP contribution in [0, 0.1) is 0 Å². The lowest BCUT2D eigenvalue weighted by Gasteiger charge is -2.45. The largest absolute Gasteiger partial charge is 0.358 e. The average Bonchev–Trinajstić information content (AvgIpc) is 3.41. The van der Waals surface area contributed by atoms with E-state index in [2.05, 4.69) is 10.2 Å². The van der Waals surface area contributed by atoms with E-state index in [0.29, 0.717) is 22.5 Å². The number of nitrogens with zero attached hydrogens (tertiary/aromatic N) is 3. The number of anilines is 3. The monoisotopic (exact) mass is 474 g/mol. The second-order valence-corrected chi connectivity index (χ2v) is 9.51. The maximum atomic E-state index is 13.5. The number of hydrogen-bond donors (Lipinski definition) is 1. The average molecular weight is 475 g/mol. The number of amides is 3. The standard InChI is InChI=1S/C27H30N4O4/c1-18(32)19-7-10-21(11-8-19)28-25(33)17-31-24-16-20(26(34)29-13-4-5-14-29)9-12-22(24)30-15-3-2-6-23(30)27(31)35/h7-12,16,23H,2-6,13-15,17H2,1H3,(H,28,33). The number of rotatable bonds is 5. The van der Waals surface area contributed by atoms with Crippen LogP contribution in [0.4, 0.5) is 17.1 Å². The zero-order valence-corrected chi connectivity index (χ0v) is 20.0. The smallest absolute Gasteiger partial charge is 0.253 e. The van der Waals surface area contributed by atoms with Crippen LogP contribution in [-0.4, -0.2) is 60.6 Å². The minimum absolute atomic E-state index is 0.0338.